The zero-order valence-corrected chi connectivity index (χ0v) is 15.2. The number of rotatable bonds is 4. The van der Waals surface area contributed by atoms with Crippen molar-refractivity contribution in [1.82, 2.24) is 0 Å². The van der Waals surface area contributed by atoms with Crippen LogP contribution in [0.3, 0.4) is 0 Å². The van der Waals surface area contributed by atoms with Gasteiger partial charge in [0.05, 0.1) is 24.1 Å². The van der Waals surface area contributed by atoms with E-state index in [1.807, 2.05) is 0 Å². The summed E-state index contributed by atoms with van der Waals surface area (Å²) in [5.74, 6) is 0.841. The van der Waals surface area contributed by atoms with Crippen molar-refractivity contribution in [3.05, 3.63) is 56.2 Å². The maximum Gasteiger partial charge on any atom is 0.141 e. The largest absolute Gasteiger partial charge is 0.495 e. The van der Waals surface area contributed by atoms with Crippen molar-refractivity contribution in [3.8, 4) is 11.5 Å². The molecule has 1 unspecified atom stereocenters. The third-order valence-corrected chi connectivity index (χ3v) is 5.10. The molecule has 2 rings (SSSR count). The highest BCUT2D eigenvalue weighted by atomic mass is 79.9. The van der Waals surface area contributed by atoms with E-state index in [2.05, 4.69) is 31.9 Å². The lowest BCUT2D eigenvalue weighted by atomic mass is 10.0. The molecule has 21 heavy (non-hydrogen) atoms. The molecule has 0 saturated carbocycles. The SMILES string of the molecule is COc1ccc(C(Cl)c2cccc(F)c2Br)c(OC)c1Br. The second-order valence-electron chi connectivity index (χ2n) is 4.21. The summed E-state index contributed by atoms with van der Waals surface area (Å²) in [6.45, 7) is 0. The fraction of sp³-hybridized carbons (Fsp3) is 0.200. The zero-order valence-electron chi connectivity index (χ0n) is 11.3. The normalized spacial score (nSPS) is 12.1. The lowest BCUT2D eigenvalue weighted by Gasteiger charge is -2.18. The van der Waals surface area contributed by atoms with Crippen LogP contribution in [0.25, 0.3) is 0 Å². The molecular formula is C15H12Br2ClFO2. The van der Waals surface area contributed by atoms with E-state index in [4.69, 9.17) is 21.1 Å². The van der Waals surface area contributed by atoms with Gasteiger partial charge >= 0.3 is 0 Å². The number of hydrogen-bond acceptors (Lipinski definition) is 2. The van der Waals surface area contributed by atoms with Crippen LogP contribution in [0.4, 0.5) is 4.39 Å². The Balaban J connectivity index is 2.56. The molecule has 0 aromatic heterocycles. The zero-order chi connectivity index (χ0) is 15.6. The van der Waals surface area contributed by atoms with E-state index in [1.165, 1.54) is 6.07 Å². The van der Waals surface area contributed by atoms with Gasteiger partial charge in [0, 0.05) is 5.56 Å². The quantitative estimate of drug-likeness (QED) is 0.571. The molecule has 0 N–H and O–H groups in total. The van der Waals surface area contributed by atoms with Crippen molar-refractivity contribution in [1.29, 1.82) is 0 Å². The van der Waals surface area contributed by atoms with Gasteiger partial charge in [-0.1, -0.05) is 12.1 Å². The fourth-order valence-corrected chi connectivity index (χ4v) is 3.66. The van der Waals surface area contributed by atoms with E-state index < -0.39 is 5.38 Å². The third kappa shape index (κ3) is 3.20. The number of methoxy groups -OCH3 is 2. The summed E-state index contributed by atoms with van der Waals surface area (Å²) in [7, 11) is 3.12. The summed E-state index contributed by atoms with van der Waals surface area (Å²) in [6.07, 6.45) is 0. The van der Waals surface area contributed by atoms with Crippen molar-refractivity contribution in [2.75, 3.05) is 14.2 Å². The third-order valence-electron chi connectivity index (χ3n) is 3.04. The molecule has 0 aliphatic carbocycles. The summed E-state index contributed by atoms with van der Waals surface area (Å²) in [6, 6.07) is 8.35. The lowest BCUT2D eigenvalue weighted by molar-refractivity contribution is 0.386. The highest BCUT2D eigenvalue weighted by molar-refractivity contribution is 9.11. The minimum absolute atomic E-state index is 0.346. The Labute approximate surface area is 144 Å². The predicted octanol–water partition coefficient (Wildman–Crippen LogP) is 5.70. The van der Waals surface area contributed by atoms with Gasteiger partial charge in [0.2, 0.25) is 0 Å². The Hall–Kier alpha value is -0.780. The minimum atomic E-state index is -0.563. The van der Waals surface area contributed by atoms with E-state index in [0.717, 1.165) is 5.56 Å². The summed E-state index contributed by atoms with van der Waals surface area (Å²) < 4.78 is 25.3. The molecule has 0 bridgehead atoms. The standard InChI is InChI=1S/C15H12Br2ClFO2/c1-20-11-7-6-9(15(21-2)13(11)17)14(18)8-4-3-5-10(19)12(8)16/h3-7,14H,1-2H3. The average molecular weight is 439 g/mol. The van der Waals surface area contributed by atoms with Crippen LogP contribution < -0.4 is 9.47 Å². The topological polar surface area (TPSA) is 18.5 Å². The predicted molar refractivity (Wildman–Crippen MR) is 89.0 cm³/mol. The average Bonchev–Trinajstić information content (AvgIpc) is 2.49. The first-order valence-electron chi connectivity index (χ1n) is 5.99. The molecule has 2 aromatic rings. The van der Waals surface area contributed by atoms with Crippen molar-refractivity contribution in [2.24, 2.45) is 0 Å². The minimum Gasteiger partial charge on any atom is -0.495 e. The van der Waals surface area contributed by atoms with E-state index in [0.29, 0.717) is 26.0 Å². The van der Waals surface area contributed by atoms with Crippen LogP contribution in [-0.4, -0.2) is 14.2 Å². The summed E-state index contributed by atoms with van der Waals surface area (Å²) >= 11 is 13.2. The second-order valence-corrected chi connectivity index (χ2v) is 6.23. The molecule has 0 fully saturated rings. The Kier molecular flexibility index (Phi) is 5.52. The Morgan fingerprint density at radius 2 is 1.71 bits per heavy atom. The van der Waals surface area contributed by atoms with Gasteiger partial charge in [0.25, 0.3) is 0 Å². The molecule has 0 saturated heterocycles. The van der Waals surface area contributed by atoms with Gasteiger partial charge in [-0.15, -0.1) is 11.6 Å². The summed E-state index contributed by atoms with van der Waals surface area (Å²) in [5.41, 5.74) is 1.35. The van der Waals surface area contributed by atoms with Gasteiger partial charge in [-0.2, -0.15) is 0 Å². The first-order chi connectivity index (χ1) is 10.0. The maximum atomic E-state index is 13.7. The first kappa shape index (κ1) is 16.6. The highest BCUT2D eigenvalue weighted by Crippen LogP contribution is 2.44. The fourth-order valence-electron chi connectivity index (χ4n) is 2.00. The van der Waals surface area contributed by atoms with Gasteiger partial charge in [-0.3, -0.25) is 0 Å². The van der Waals surface area contributed by atoms with Gasteiger partial charge in [-0.25, -0.2) is 4.39 Å². The molecule has 2 nitrogen and oxygen atoms in total. The number of alkyl halides is 1. The van der Waals surface area contributed by atoms with Gasteiger partial charge < -0.3 is 9.47 Å². The van der Waals surface area contributed by atoms with Crippen LogP contribution in [-0.2, 0) is 0 Å². The maximum absolute atomic E-state index is 13.7. The number of ether oxygens (including phenoxy) is 2. The number of benzene rings is 2. The molecular weight excluding hydrogens is 426 g/mol. The van der Waals surface area contributed by atoms with Crippen LogP contribution in [0.1, 0.15) is 16.5 Å². The van der Waals surface area contributed by atoms with E-state index >= 15 is 0 Å². The van der Waals surface area contributed by atoms with Crippen molar-refractivity contribution in [2.45, 2.75) is 5.38 Å². The van der Waals surface area contributed by atoms with E-state index in [1.54, 1.807) is 38.5 Å². The van der Waals surface area contributed by atoms with E-state index in [-0.39, 0.29) is 5.82 Å². The molecule has 0 amide bonds. The van der Waals surface area contributed by atoms with Crippen molar-refractivity contribution in [3.63, 3.8) is 0 Å². The van der Waals surface area contributed by atoms with Gasteiger partial charge in [0.15, 0.2) is 0 Å². The molecule has 1 atom stereocenters. The molecule has 0 heterocycles. The summed E-state index contributed by atoms with van der Waals surface area (Å²) in [4.78, 5) is 0. The van der Waals surface area contributed by atoms with Crippen LogP contribution in [0.5, 0.6) is 11.5 Å². The monoisotopic (exact) mass is 436 g/mol. The van der Waals surface area contributed by atoms with Crippen LogP contribution in [0.2, 0.25) is 0 Å². The molecule has 0 radical (unpaired) electrons. The van der Waals surface area contributed by atoms with Gasteiger partial charge in [0.1, 0.15) is 21.8 Å². The Morgan fingerprint density at radius 3 is 2.33 bits per heavy atom. The number of halogens is 4. The number of hydrogen-bond donors (Lipinski definition) is 0. The van der Waals surface area contributed by atoms with Crippen molar-refractivity contribution < 1.29 is 13.9 Å². The lowest BCUT2D eigenvalue weighted by Crippen LogP contribution is -2.01. The highest BCUT2D eigenvalue weighted by Gasteiger charge is 2.22. The molecule has 6 heteroatoms. The summed E-state index contributed by atoms with van der Waals surface area (Å²) in [5, 5.41) is -0.563. The van der Waals surface area contributed by atoms with Crippen molar-refractivity contribution >= 4 is 43.5 Å². The molecule has 112 valence electrons. The van der Waals surface area contributed by atoms with Crippen LogP contribution >= 0.6 is 43.5 Å². The second kappa shape index (κ2) is 6.99. The Bertz CT molecular complexity index is 664. The first-order valence-corrected chi connectivity index (χ1v) is 8.01. The van der Waals surface area contributed by atoms with E-state index in [9.17, 15) is 4.39 Å². The molecule has 0 aliphatic rings. The molecule has 2 aromatic carbocycles. The smallest absolute Gasteiger partial charge is 0.141 e. The van der Waals surface area contributed by atoms with Gasteiger partial charge in [-0.05, 0) is 55.6 Å². The molecule has 0 aliphatic heterocycles. The molecule has 0 spiro atoms. The Morgan fingerprint density at radius 1 is 1.00 bits per heavy atom. The van der Waals surface area contributed by atoms with Crippen LogP contribution in [0, 0.1) is 5.82 Å². The van der Waals surface area contributed by atoms with Crippen LogP contribution in [0.15, 0.2) is 39.3 Å².